The summed E-state index contributed by atoms with van der Waals surface area (Å²) in [4.78, 5) is 37.3. The first-order valence-electron chi connectivity index (χ1n) is 9.76. The van der Waals surface area contributed by atoms with Crippen LogP contribution in [0.25, 0.3) is 11.3 Å². The van der Waals surface area contributed by atoms with Crippen molar-refractivity contribution in [2.75, 3.05) is 18.7 Å². The Kier molecular flexibility index (Phi) is 5.82. The second-order valence-corrected chi connectivity index (χ2v) is 7.97. The molecule has 2 aromatic heterocycles. The van der Waals surface area contributed by atoms with Crippen molar-refractivity contribution in [2.45, 2.75) is 20.3 Å². The zero-order valence-electron chi connectivity index (χ0n) is 17.3. The van der Waals surface area contributed by atoms with Crippen LogP contribution in [0.1, 0.15) is 49.4 Å². The number of carbonyl (C=O) groups excluding carboxylic acids is 3. The first-order valence-corrected chi connectivity index (χ1v) is 10.6. The maximum atomic E-state index is 12.8. The van der Waals surface area contributed by atoms with Crippen molar-refractivity contribution in [3.05, 3.63) is 46.0 Å². The molecule has 1 aromatic carbocycles. The molecule has 0 radical (unpaired) electrons. The fourth-order valence-corrected chi connectivity index (χ4v) is 4.20. The van der Waals surface area contributed by atoms with Crippen LogP contribution in [0.3, 0.4) is 0 Å². The third-order valence-corrected chi connectivity index (χ3v) is 5.95. The lowest BCUT2D eigenvalue weighted by molar-refractivity contribution is 0.0506. The number of rotatable bonds is 7. The van der Waals surface area contributed by atoms with Crippen molar-refractivity contribution >= 4 is 34.1 Å². The summed E-state index contributed by atoms with van der Waals surface area (Å²) in [5.74, 6) is -0.618. The molecule has 166 valence electrons. The maximum Gasteiger partial charge on any atom is 0.341 e. The fraction of sp³-hybridized carbons (Fsp3) is 0.238. The van der Waals surface area contributed by atoms with Crippen molar-refractivity contribution in [3.8, 4) is 22.8 Å². The minimum Gasteiger partial charge on any atom is -0.462 e. The summed E-state index contributed by atoms with van der Waals surface area (Å²) in [5.41, 5.74) is 7.32. The van der Waals surface area contributed by atoms with E-state index in [1.54, 1.807) is 31.2 Å². The predicted molar refractivity (Wildman–Crippen MR) is 116 cm³/mol. The van der Waals surface area contributed by atoms with E-state index in [4.69, 9.17) is 19.9 Å². The summed E-state index contributed by atoms with van der Waals surface area (Å²) < 4.78 is 15.9. The second-order valence-electron chi connectivity index (χ2n) is 6.95. The van der Waals surface area contributed by atoms with Gasteiger partial charge in [0, 0.05) is 5.56 Å². The first kappa shape index (κ1) is 21.4. The van der Waals surface area contributed by atoms with Crippen LogP contribution in [0.5, 0.6) is 11.5 Å². The minimum atomic E-state index is -0.691. The molecule has 0 saturated carbocycles. The topological polar surface area (TPSA) is 146 Å². The summed E-state index contributed by atoms with van der Waals surface area (Å²) in [5, 5.41) is 9.70. The Morgan fingerprint density at radius 1 is 1.25 bits per heavy atom. The summed E-state index contributed by atoms with van der Waals surface area (Å²) in [7, 11) is 0. The van der Waals surface area contributed by atoms with Crippen LogP contribution in [0.15, 0.2) is 24.3 Å². The van der Waals surface area contributed by atoms with Gasteiger partial charge in [-0.1, -0.05) is 6.92 Å². The van der Waals surface area contributed by atoms with Gasteiger partial charge in [-0.05, 0) is 43.2 Å². The zero-order valence-corrected chi connectivity index (χ0v) is 18.1. The number of benzene rings is 1. The number of nitrogens with one attached hydrogen (secondary N) is 2. The van der Waals surface area contributed by atoms with E-state index < -0.39 is 17.8 Å². The van der Waals surface area contributed by atoms with Crippen LogP contribution in [-0.2, 0) is 4.74 Å². The summed E-state index contributed by atoms with van der Waals surface area (Å²) in [6.45, 7) is 3.82. The second kappa shape index (κ2) is 8.71. The van der Waals surface area contributed by atoms with Gasteiger partial charge in [0.2, 0.25) is 6.79 Å². The quantitative estimate of drug-likeness (QED) is 0.463. The van der Waals surface area contributed by atoms with Crippen LogP contribution in [-0.4, -0.2) is 41.4 Å². The number of nitrogens with two attached hydrogens (primary N) is 1. The average molecular weight is 456 g/mol. The smallest absolute Gasteiger partial charge is 0.341 e. The Balaban J connectivity index is 1.58. The van der Waals surface area contributed by atoms with Gasteiger partial charge in [-0.15, -0.1) is 11.3 Å². The van der Waals surface area contributed by atoms with Gasteiger partial charge in [-0.3, -0.25) is 14.7 Å². The Morgan fingerprint density at radius 3 is 2.78 bits per heavy atom. The van der Waals surface area contributed by atoms with Gasteiger partial charge < -0.3 is 25.3 Å². The molecule has 4 N–H and O–H groups in total. The van der Waals surface area contributed by atoms with E-state index >= 15 is 0 Å². The lowest BCUT2D eigenvalue weighted by Gasteiger charge is -2.07. The van der Waals surface area contributed by atoms with Crippen molar-refractivity contribution in [2.24, 2.45) is 5.73 Å². The number of nitrogens with zero attached hydrogens (tertiary/aromatic N) is 1. The lowest BCUT2D eigenvalue weighted by Crippen LogP contribution is -2.15. The summed E-state index contributed by atoms with van der Waals surface area (Å²) in [6.07, 6.45) is 0.635. The number of ether oxygens (including phenoxy) is 3. The van der Waals surface area contributed by atoms with E-state index in [9.17, 15) is 14.4 Å². The summed E-state index contributed by atoms with van der Waals surface area (Å²) >= 11 is 0.924. The standard InChI is InChI=1S/C21H20N4O6S/c1-3-6-29-21(28)16-10(2)17(18(22)26)32-20(16)23-19(27)13-8-12(24-25-13)11-4-5-14-15(7-11)31-9-30-14/h4-5,7-8H,3,6,9H2,1-2H3,(H2,22,26)(H,23,27)(H,24,25). The van der Waals surface area contributed by atoms with Crippen LogP contribution in [0, 0.1) is 6.92 Å². The molecule has 1 aliphatic heterocycles. The number of primary amides is 1. The van der Waals surface area contributed by atoms with E-state index in [1.807, 2.05) is 6.92 Å². The van der Waals surface area contributed by atoms with E-state index in [0.29, 0.717) is 29.2 Å². The number of esters is 1. The molecular formula is C21H20N4O6S. The van der Waals surface area contributed by atoms with Gasteiger partial charge in [0.1, 0.15) is 10.7 Å². The number of H-pyrrole nitrogens is 1. The molecule has 3 heterocycles. The van der Waals surface area contributed by atoms with Crippen molar-refractivity contribution in [1.29, 1.82) is 0 Å². The molecule has 1 aliphatic rings. The zero-order chi connectivity index (χ0) is 22.8. The molecule has 0 atom stereocenters. The van der Waals surface area contributed by atoms with Crippen molar-refractivity contribution < 1.29 is 28.6 Å². The molecule has 4 rings (SSSR count). The highest BCUT2D eigenvalue weighted by Crippen LogP contribution is 2.36. The number of hydrogen-bond donors (Lipinski definition) is 3. The number of hydrogen-bond acceptors (Lipinski definition) is 8. The Morgan fingerprint density at radius 2 is 2.03 bits per heavy atom. The highest BCUT2D eigenvalue weighted by atomic mass is 32.1. The van der Waals surface area contributed by atoms with Crippen molar-refractivity contribution in [3.63, 3.8) is 0 Å². The van der Waals surface area contributed by atoms with E-state index in [2.05, 4.69) is 15.5 Å². The number of fused-ring (bicyclic) bond motifs is 1. The molecule has 11 heteroatoms. The van der Waals surface area contributed by atoms with E-state index in [0.717, 1.165) is 16.9 Å². The van der Waals surface area contributed by atoms with Gasteiger partial charge in [0.15, 0.2) is 11.5 Å². The number of carbonyl (C=O) groups is 3. The van der Waals surface area contributed by atoms with Gasteiger partial charge in [-0.25, -0.2) is 4.79 Å². The lowest BCUT2D eigenvalue weighted by atomic mass is 10.1. The molecule has 2 amide bonds. The molecular weight excluding hydrogens is 436 g/mol. The third-order valence-electron chi connectivity index (χ3n) is 4.73. The molecule has 0 bridgehead atoms. The molecule has 0 saturated heterocycles. The maximum absolute atomic E-state index is 12.8. The molecule has 0 fully saturated rings. The van der Waals surface area contributed by atoms with Gasteiger partial charge in [-0.2, -0.15) is 5.10 Å². The number of thiophene rings is 1. The Bertz CT molecular complexity index is 1220. The molecule has 32 heavy (non-hydrogen) atoms. The Hall–Kier alpha value is -3.86. The average Bonchev–Trinajstić information content (AvgIpc) is 3.50. The van der Waals surface area contributed by atoms with Crippen LogP contribution in [0.4, 0.5) is 5.00 Å². The van der Waals surface area contributed by atoms with Crippen LogP contribution in [0.2, 0.25) is 0 Å². The van der Waals surface area contributed by atoms with E-state index in [-0.39, 0.29) is 34.5 Å². The van der Waals surface area contributed by atoms with Gasteiger partial charge in [0.25, 0.3) is 11.8 Å². The largest absolute Gasteiger partial charge is 0.462 e. The number of anilines is 1. The van der Waals surface area contributed by atoms with Crippen molar-refractivity contribution in [1.82, 2.24) is 10.2 Å². The molecule has 10 nitrogen and oxygen atoms in total. The molecule has 3 aromatic rings. The molecule has 0 spiro atoms. The van der Waals surface area contributed by atoms with Gasteiger partial charge >= 0.3 is 5.97 Å². The number of aromatic amines is 1. The molecule has 0 unspecified atom stereocenters. The number of aromatic nitrogens is 2. The third kappa shape index (κ3) is 4.02. The predicted octanol–water partition coefficient (Wildman–Crippen LogP) is 3.09. The minimum absolute atomic E-state index is 0.112. The molecule has 0 aliphatic carbocycles. The van der Waals surface area contributed by atoms with Crippen LogP contribution < -0.4 is 20.5 Å². The highest BCUT2D eigenvalue weighted by Gasteiger charge is 2.26. The number of amides is 2. The van der Waals surface area contributed by atoms with Crippen LogP contribution >= 0.6 is 11.3 Å². The SMILES string of the molecule is CCCOC(=O)c1c(NC(=O)c2cc(-c3ccc4c(c3)OCO4)n[nH]2)sc(C(N)=O)c1C. The van der Waals surface area contributed by atoms with E-state index in [1.165, 1.54) is 0 Å². The Labute approximate surface area is 186 Å². The normalized spacial score (nSPS) is 11.9. The fourth-order valence-electron chi connectivity index (χ4n) is 3.16. The van der Waals surface area contributed by atoms with Gasteiger partial charge in [0.05, 0.1) is 22.7 Å². The first-order chi connectivity index (χ1) is 15.4. The highest BCUT2D eigenvalue weighted by molar-refractivity contribution is 7.18. The summed E-state index contributed by atoms with van der Waals surface area (Å²) in [6, 6.07) is 6.90. The monoisotopic (exact) mass is 456 g/mol.